The Balaban J connectivity index is 2.06. The van der Waals surface area contributed by atoms with Crippen molar-refractivity contribution in [1.82, 2.24) is 10.3 Å². The summed E-state index contributed by atoms with van der Waals surface area (Å²) < 4.78 is 11.5. The molecule has 112 valence electrons. The van der Waals surface area contributed by atoms with Gasteiger partial charge in [-0.3, -0.25) is 4.98 Å². The minimum absolute atomic E-state index is 0.169. The summed E-state index contributed by atoms with van der Waals surface area (Å²) in [4.78, 5) is 4.31. The Bertz CT molecular complexity index is 403. The van der Waals surface area contributed by atoms with Crippen LogP contribution in [0.1, 0.15) is 51.6 Å². The molecule has 20 heavy (non-hydrogen) atoms. The molecule has 0 spiro atoms. The predicted octanol–water partition coefficient (Wildman–Crippen LogP) is 3.09. The minimum Gasteiger partial charge on any atom is -0.489 e. The van der Waals surface area contributed by atoms with Crippen LogP contribution in [0.2, 0.25) is 0 Å². The van der Waals surface area contributed by atoms with Crippen LogP contribution in [0.5, 0.6) is 5.75 Å². The highest BCUT2D eigenvalue weighted by atomic mass is 16.5. The van der Waals surface area contributed by atoms with Crippen LogP contribution in [0.25, 0.3) is 0 Å². The van der Waals surface area contributed by atoms with Crippen molar-refractivity contribution in [3.05, 3.63) is 24.0 Å². The molecule has 1 aliphatic heterocycles. The van der Waals surface area contributed by atoms with Gasteiger partial charge in [0.05, 0.1) is 18.4 Å². The summed E-state index contributed by atoms with van der Waals surface area (Å²) in [6.07, 6.45) is 7.58. The van der Waals surface area contributed by atoms with E-state index in [0.29, 0.717) is 6.10 Å². The van der Waals surface area contributed by atoms with Gasteiger partial charge < -0.3 is 14.8 Å². The first-order valence-corrected chi connectivity index (χ1v) is 7.65. The number of ether oxygens (including phenoxy) is 2. The maximum atomic E-state index is 5.75. The van der Waals surface area contributed by atoms with Crippen LogP contribution < -0.4 is 10.1 Å². The highest BCUT2D eigenvalue weighted by Crippen LogP contribution is 2.26. The van der Waals surface area contributed by atoms with Crippen LogP contribution in [-0.4, -0.2) is 30.3 Å². The highest BCUT2D eigenvalue weighted by Gasteiger charge is 2.22. The van der Waals surface area contributed by atoms with Gasteiger partial charge in [-0.15, -0.1) is 0 Å². The van der Waals surface area contributed by atoms with Crippen molar-refractivity contribution in [3.8, 4) is 5.75 Å². The number of hydrogen-bond donors (Lipinski definition) is 1. The predicted molar refractivity (Wildman–Crippen MR) is 80.0 cm³/mol. The summed E-state index contributed by atoms with van der Waals surface area (Å²) in [6.45, 7) is 8.02. The third-order valence-electron chi connectivity index (χ3n) is 3.48. The summed E-state index contributed by atoms with van der Waals surface area (Å²) in [6, 6.07) is 2.38. The first-order chi connectivity index (χ1) is 9.69. The molecule has 2 atom stereocenters. The summed E-state index contributed by atoms with van der Waals surface area (Å²) in [5.74, 6) is 0.841. The molecular weight excluding hydrogens is 252 g/mol. The Labute approximate surface area is 121 Å². The number of nitrogens with one attached hydrogen (secondary N) is 1. The first-order valence-electron chi connectivity index (χ1n) is 7.65. The normalized spacial score (nSPS) is 20.3. The molecule has 1 aromatic rings. The van der Waals surface area contributed by atoms with Gasteiger partial charge >= 0.3 is 0 Å². The Morgan fingerprint density at radius 2 is 2.30 bits per heavy atom. The quantitative estimate of drug-likeness (QED) is 0.832. The van der Waals surface area contributed by atoms with Crippen LogP contribution in [-0.2, 0) is 4.74 Å². The fraction of sp³-hybridized carbons (Fsp3) is 0.688. The van der Waals surface area contributed by atoms with Gasteiger partial charge in [0.1, 0.15) is 5.75 Å². The molecule has 1 N–H and O–H groups in total. The maximum Gasteiger partial charge on any atom is 0.138 e. The van der Waals surface area contributed by atoms with Crippen molar-refractivity contribution in [3.63, 3.8) is 0 Å². The fourth-order valence-corrected chi connectivity index (χ4v) is 2.64. The molecule has 2 rings (SSSR count). The highest BCUT2D eigenvalue weighted by molar-refractivity contribution is 5.26. The van der Waals surface area contributed by atoms with Gasteiger partial charge in [-0.1, -0.05) is 6.92 Å². The van der Waals surface area contributed by atoms with E-state index in [9.17, 15) is 0 Å². The van der Waals surface area contributed by atoms with Gasteiger partial charge in [-0.2, -0.15) is 0 Å². The Hall–Kier alpha value is -1.13. The van der Waals surface area contributed by atoms with Gasteiger partial charge in [-0.25, -0.2) is 0 Å². The molecule has 1 aliphatic rings. The summed E-state index contributed by atoms with van der Waals surface area (Å²) >= 11 is 0. The van der Waals surface area contributed by atoms with Gasteiger partial charge in [0, 0.05) is 18.8 Å². The van der Waals surface area contributed by atoms with E-state index in [2.05, 4.69) is 23.3 Å². The number of nitrogens with zero attached hydrogens (tertiary/aromatic N) is 1. The standard InChI is InChI=1S/C16H26N2O2/c1-4-18-16(9-14-6-5-7-19-14)13-8-15(11-17-10-13)20-12(2)3/h8,10-12,14,16,18H,4-7,9H2,1-3H3. The Morgan fingerprint density at radius 1 is 1.45 bits per heavy atom. The van der Waals surface area contributed by atoms with Gasteiger partial charge in [0.25, 0.3) is 0 Å². The van der Waals surface area contributed by atoms with E-state index in [1.807, 2.05) is 20.0 Å². The largest absolute Gasteiger partial charge is 0.489 e. The van der Waals surface area contributed by atoms with E-state index in [1.165, 1.54) is 12.0 Å². The van der Waals surface area contributed by atoms with Crippen LogP contribution >= 0.6 is 0 Å². The van der Waals surface area contributed by atoms with Crippen LogP contribution in [0.15, 0.2) is 18.5 Å². The molecule has 1 aromatic heterocycles. The summed E-state index contributed by atoms with van der Waals surface area (Å²) in [7, 11) is 0. The lowest BCUT2D eigenvalue weighted by molar-refractivity contribution is 0.0946. The number of aromatic nitrogens is 1. The monoisotopic (exact) mass is 278 g/mol. The van der Waals surface area contributed by atoms with E-state index < -0.39 is 0 Å². The average molecular weight is 278 g/mol. The lowest BCUT2D eigenvalue weighted by Gasteiger charge is -2.22. The van der Waals surface area contributed by atoms with Crippen molar-refractivity contribution in [1.29, 1.82) is 0 Å². The zero-order valence-electron chi connectivity index (χ0n) is 12.8. The number of hydrogen-bond acceptors (Lipinski definition) is 4. The molecule has 1 saturated heterocycles. The Kier molecular flexibility index (Phi) is 5.80. The summed E-state index contributed by atoms with van der Waals surface area (Å²) in [5, 5.41) is 3.53. The first kappa shape index (κ1) is 15.3. The van der Waals surface area contributed by atoms with E-state index >= 15 is 0 Å². The topological polar surface area (TPSA) is 43.4 Å². The minimum atomic E-state index is 0.169. The van der Waals surface area contributed by atoms with Crippen molar-refractivity contribution >= 4 is 0 Å². The average Bonchev–Trinajstić information content (AvgIpc) is 2.91. The van der Waals surface area contributed by atoms with Crippen LogP contribution in [0.4, 0.5) is 0 Å². The third-order valence-corrected chi connectivity index (χ3v) is 3.48. The molecule has 0 radical (unpaired) electrons. The van der Waals surface area contributed by atoms with Crippen molar-refractivity contribution in [2.75, 3.05) is 13.2 Å². The maximum absolute atomic E-state index is 5.75. The fourth-order valence-electron chi connectivity index (χ4n) is 2.64. The second-order valence-corrected chi connectivity index (χ2v) is 5.60. The lowest BCUT2D eigenvalue weighted by atomic mass is 10.0. The van der Waals surface area contributed by atoms with E-state index in [0.717, 1.165) is 31.7 Å². The second kappa shape index (κ2) is 7.60. The third kappa shape index (κ3) is 4.46. The molecule has 0 amide bonds. The Morgan fingerprint density at radius 3 is 2.95 bits per heavy atom. The molecular formula is C16H26N2O2. The zero-order chi connectivity index (χ0) is 14.4. The van der Waals surface area contributed by atoms with Gasteiger partial charge in [0.2, 0.25) is 0 Å². The number of rotatable bonds is 7. The van der Waals surface area contributed by atoms with Crippen molar-refractivity contribution in [2.45, 2.75) is 58.3 Å². The smallest absolute Gasteiger partial charge is 0.138 e. The van der Waals surface area contributed by atoms with E-state index in [4.69, 9.17) is 9.47 Å². The van der Waals surface area contributed by atoms with Gasteiger partial charge in [0.15, 0.2) is 0 Å². The molecule has 4 heteroatoms. The molecule has 2 heterocycles. The molecule has 2 unspecified atom stereocenters. The second-order valence-electron chi connectivity index (χ2n) is 5.60. The molecule has 0 aliphatic carbocycles. The molecule has 4 nitrogen and oxygen atoms in total. The van der Waals surface area contributed by atoms with E-state index in [1.54, 1.807) is 6.20 Å². The molecule has 0 aromatic carbocycles. The molecule has 0 saturated carbocycles. The van der Waals surface area contributed by atoms with Crippen molar-refractivity contribution < 1.29 is 9.47 Å². The molecule has 1 fully saturated rings. The van der Waals surface area contributed by atoms with Crippen LogP contribution in [0, 0.1) is 0 Å². The van der Waals surface area contributed by atoms with Crippen LogP contribution in [0.3, 0.4) is 0 Å². The van der Waals surface area contributed by atoms with Gasteiger partial charge in [-0.05, 0) is 51.3 Å². The lowest BCUT2D eigenvalue weighted by Crippen LogP contribution is -2.25. The van der Waals surface area contributed by atoms with Crippen molar-refractivity contribution in [2.24, 2.45) is 0 Å². The zero-order valence-corrected chi connectivity index (χ0v) is 12.8. The summed E-state index contributed by atoms with van der Waals surface area (Å²) in [5.41, 5.74) is 1.18. The SMILES string of the molecule is CCNC(CC1CCCO1)c1cncc(OC(C)C)c1. The van der Waals surface area contributed by atoms with E-state index in [-0.39, 0.29) is 12.1 Å². The number of pyridine rings is 1. The molecule has 0 bridgehead atoms.